The van der Waals surface area contributed by atoms with Crippen molar-refractivity contribution in [2.24, 2.45) is 0 Å². The number of quaternary nitrogens is 1. The number of nitrogens with zero attached hydrogens (tertiary/aromatic N) is 1. The first-order valence-electron chi connectivity index (χ1n) is 10.4. The molecule has 1 aromatic heterocycles. The Hall–Kier alpha value is -2.34. The predicted octanol–water partition coefficient (Wildman–Crippen LogP) is 1.44. The number of rotatable bonds is 4. The minimum absolute atomic E-state index is 0.0510. The molecule has 0 radical (unpaired) electrons. The van der Waals surface area contributed by atoms with Gasteiger partial charge in [-0.3, -0.25) is 4.79 Å². The van der Waals surface area contributed by atoms with E-state index in [0.29, 0.717) is 25.6 Å². The van der Waals surface area contributed by atoms with Gasteiger partial charge >= 0.3 is 5.97 Å². The van der Waals surface area contributed by atoms with Crippen molar-refractivity contribution in [3.63, 3.8) is 0 Å². The van der Waals surface area contributed by atoms with E-state index >= 15 is 0 Å². The van der Waals surface area contributed by atoms with Crippen LogP contribution in [0.4, 0.5) is 0 Å². The average Bonchev–Trinajstić information content (AvgIpc) is 3.10. The van der Waals surface area contributed by atoms with Gasteiger partial charge in [0.2, 0.25) is 0 Å². The molecule has 1 saturated heterocycles. The summed E-state index contributed by atoms with van der Waals surface area (Å²) < 4.78 is 5.06. The van der Waals surface area contributed by atoms with Gasteiger partial charge in [-0.1, -0.05) is 25.1 Å². The van der Waals surface area contributed by atoms with Gasteiger partial charge in [0, 0.05) is 23.0 Å². The fourth-order valence-electron chi connectivity index (χ4n) is 4.99. The number of aromatic nitrogens is 1. The molecule has 0 bridgehead atoms. The monoisotopic (exact) mass is 384 g/mol. The van der Waals surface area contributed by atoms with Crippen LogP contribution in [0.25, 0.3) is 10.9 Å². The number of aromatic amines is 1. The van der Waals surface area contributed by atoms with E-state index in [4.69, 9.17) is 4.74 Å². The highest BCUT2D eigenvalue weighted by Crippen LogP contribution is 2.30. The number of amides is 1. The van der Waals surface area contributed by atoms with E-state index in [2.05, 4.69) is 18.0 Å². The van der Waals surface area contributed by atoms with Crippen molar-refractivity contribution in [2.75, 3.05) is 20.2 Å². The number of carbonyl (C=O) groups is 2. The van der Waals surface area contributed by atoms with Crippen LogP contribution in [0.15, 0.2) is 24.3 Å². The molecule has 6 nitrogen and oxygen atoms in total. The Morgan fingerprint density at radius 1 is 1.29 bits per heavy atom. The van der Waals surface area contributed by atoms with Crippen molar-refractivity contribution in [1.82, 2.24) is 9.88 Å². The lowest BCUT2D eigenvalue weighted by atomic mass is 9.96. The molecule has 2 aromatic rings. The number of hydrogen-bond donors (Lipinski definition) is 2. The first kappa shape index (κ1) is 19.0. The normalized spacial score (nSPS) is 24.8. The highest BCUT2D eigenvalue weighted by Gasteiger charge is 2.39. The average molecular weight is 385 g/mol. The van der Waals surface area contributed by atoms with Gasteiger partial charge in [0.05, 0.1) is 26.2 Å². The van der Waals surface area contributed by atoms with E-state index in [1.165, 1.54) is 31.3 Å². The molecule has 150 valence electrons. The number of piperidine rings is 1. The molecule has 1 unspecified atom stereocenters. The molecule has 2 N–H and O–H groups in total. The number of methoxy groups -OCH3 is 1. The molecule has 1 fully saturated rings. The third-order valence-corrected chi connectivity index (χ3v) is 6.55. The Kier molecular flexibility index (Phi) is 5.40. The van der Waals surface area contributed by atoms with Crippen molar-refractivity contribution in [2.45, 2.75) is 57.7 Å². The fourth-order valence-corrected chi connectivity index (χ4v) is 4.99. The van der Waals surface area contributed by atoms with E-state index in [1.807, 2.05) is 18.2 Å². The van der Waals surface area contributed by atoms with E-state index in [-0.39, 0.29) is 11.9 Å². The number of hydrogen-bond acceptors (Lipinski definition) is 3. The van der Waals surface area contributed by atoms with Crippen molar-refractivity contribution in [3.05, 3.63) is 35.5 Å². The second kappa shape index (κ2) is 7.95. The third kappa shape index (κ3) is 3.41. The SMILES string of the molecule is CC[C@@H]1CCCC[NH+]1CC(=O)N1Cc2[nH]c3ccccc3c2C[C@@H]1C(=O)OC. The summed E-state index contributed by atoms with van der Waals surface area (Å²) in [7, 11) is 1.40. The largest absolute Gasteiger partial charge is 0.467 e. The number of esters is 1. The lowest BCUT2D eigenvalue weighted by Crippen LogP contribution is -3.17. The lowest BCUT2D eigenvalue weighted by Gasteiger charge is -2.37. The Balaban J connectivity index is 1.60. The topological polar surface area (TPSA) is 66.8 Å². The Labute approximate surface area is 165 Å². The van der Waals surface area contributed by atoms with Crippen molar-refractivity contribution in [1.29, 1.82) is 0 Å². The molecule has 4 rings (SSSR count). The number of para-hydroxylation sites is 1. The summed E-state index contributed by atoms with van der Waals surface area (Å²) in [4.78, 5) is 32.3. The van der Waals surface area contributed by atoms with E-state index in [9.17, 15) is 9.59 Å². The molecule has 3 atom stereocenters. The van der Waals surface area contributed by atoms with Crippen LogP contribution >= 0.6 is 0 Å². The van der Waals surface area contributed by atoms with E-state index in [0.717, 1.165) is 35.1 Å². The minimum Gasteiger partial charge on any atom is -0.467 e. The molecule has 0 saturated carbocycles. The van der Waals surface area contributed by atoms with Crippen LogP contribution in [0.5, 0.6) is 0 Å². The molecular formula is C22H30N3O3+. The number of nitrogens with one attached hydrogen (secondary N) is 2. The molecule has 2 aliphatic heterocycles. The number of fused-ring (bicyclic) bond motifs is 3. The molecule has 28 heavy (non-hydrogen) atoms. The highest BCUT2D eigenvalue weighted by molar-refractivity contribution is 5.90. The second-order valence-corrected chi connectivity index (χ2v) is 8.08. The van der Waals surface area contributed by atoms with Crippen LogP contribution in [-0.2, 0) is 27.3 Å². The summed E-state index contributed by atoms with van der Waals surface area (Å²) in [5.41, 5.74) is 3.22. The molecule has 0 spiro atoms. The molecule has 3 heterocycles. The van der Waals surface area contributed by atoms with Gasteiger partial charge in [0.25, 0.3) is 5.91 Å². The van der Waals surface area contributed by atoms with Gasteiger partial charge in [0.1, 0.15) is 6.04 Å². The van der Waals surface area contributed by atoms with Crippen molar-refractivity contribution in [3.8, 4) is 0 Å². The number of benzene rings is 1. The van der Waals surface area contributed by atoms with Crippen LogP contribution in [0.3, 0.4) is 0 Å². The van der Waals surface area contributed by atoms with Crippen molar-refractivity contribution < 1.29 is 19.2 Å². The van der Waals surface area contributed by atoms with Gasteiger partial charge in [-0.05, 0) is 37.3 Å². The molecule has 6 heteroatoms. The van der Waals surface area contributed by atoms with Crippen LogP contribution < -0.4 is 4.90 Å². The van der Waals surface area contributed by atoms with Crippen molar-refractivity contribution >= 4 is 22.8 Å². The maximum Gasteiger partial charge on any atom is 0.328 e. The zero-order valence-electron chi connectivity index (χ0n) is 16.8. The van der Waals surface area contributed by atoms with Crippen LogP contribution in [-0.4, -0.2) is 54.0 Å². The molecule has 0 aliphatic carbocycles. The molecule has 1 aromatic carbocycles. The summed E-state index contributed by atoms with van der Waals surface area (Å²) in [6.45, 7) is 4.14. The Morgan fingerprint density at radius 3 is 2.89 bits per heavy atom. The Morgan fingerprint density at radius 2 is 2.11 bits per heavy atom. The quantitative estimate of drug-likeness (QED) is 0.784. The number of carbonyl (C=O) groups excluding carboxylic acids is 2. The molecular weight excluding hydrogens is 354 g/mol. The van der Waals surface area contributed by atoms with Crippen LogP contribution in [0, 0.1) is 0 Å². The number of ether oxygens (including phenoxy) is 1. The standard InChI is InChI=1S/C22H29N3O3/c1-3-15-8-6-7-11-24(15)14-21(26)25-13-19-17(12-20(25)22(27)28-2)16-9-4-5-10-18(16)23-19/h4-5,9-10,15,20,23H,3,6-8,11-14H2,1-2H3/p+1/t15-,20-/m1/s1. The number of H-pyrrole nitrogens is 1. The first-order valence-corrected chi connectivity index (χ1v) is 10.4. The van der Waals surface area contributed by atoms with Crippen LogP contribution in [0.2, 0.25) is 0 Å². The molecule has 2 aliphatic rings. The highest BCUT2D eigenvalue weighted by atomic mass is 16.5. The molecule has 1 amide bonds. The first-order chi connectivity index (χ1) is 13.6. The van der Waals surface area contributed by atoms with E-state index in [1.54, 1.807) is 4.90 Å². The Bertz CT molecular complexity index is 875. The summed E-state index contributed by atoms with van der Waals surface area (Å²) in [5, 5.41) is 1.13. The summed E-state index contributed by atoms with van der Waals surface area (Å²) >= 11 is 0. The maximum atomic E-state index is 13.3. The zero-order valence-corrected chi connectivity index (χ0v) is 16.8. The third-order valence-electron chi connectivity index (χ3n) is 6.55. The number of likely N-dealkylation sites (tertiary alicyclic amines) is 1. The van der Waals surface area contributed by atoms with Gasteiger partial charge in [-0.15, -0.1) is 0 Å². The van der Waals surface area contributed by atoms with Gasteiger partial charge in [0.15, 0.2) is 6.54 Å². The van der Waals surface area contributed by atoms with Crippen LogP contribution in [0.1, 0.15) is 43.9 Å². The minimum atomic E-state index is -0.548. The van der Waals surface area contributed by atoms with Gasteiger partial charge in [-0.25, -0.2) is 4.79 Å². The summed E-state index contributed by atoms with van der Waals surface area (Å²) in [6.07, 6.45) is 5.21. The predicted molar refractivity (Wildman–Crippen MR) is 107 cm³/mol. The maximum absolute atomic E-state index is 13.3. The fraction of sp³-hybridized carbons (Fsp3) is 0.545. The van der Waals surface area contributed by atoms with E-state index < -0.39 is 6.04 Å². The van der Waals surface area contributed by atoms with Gasteiger partial charge < -0.3 is 19.5 Å². The lowest BCUT2D eigenvalue weighted by molar-refractivity contribution is -0.923. The zero-order chi connectivity index (χ0) is 19.7. The second-order valence-electron chi connectivity index (χ2n) is 8.08. The summed E-state index contributed by atoms with van der Waals surface area (Å²) in [5.74, 6) is -0.278. The smallest absolute Gasteiger partial charge is 0.328 e. The van der Waals surface area contributed by atoms with Gasteiger partial charge in [-0.2, -0.15) is 0 Å². The summed E-state index contributed by atoms with van der Waals surface area (Å²) in [6, 6.07) is 8.11.